The summed E-state index contributed by atoms with van der Waals surface area (Å²) in [5.74, 6) is 0.412. The molecule has 0 aromatic rings. The Morgan fingerprint density at radius 2 is 2.21 bits per heavy atom. The Bertz CT molecular complexity index is 193. The average Bonchev–Trinajstić information content (AvgIpc) is 2.44. The molecule has 3 heteroatoms. The lowest BCUT2D eigenvalue weighted by Crippen LogP contribution is -2.19. The van der Waals surface area contributed by atoms with E-state index in [-0.39, 0.29) is 6.10 Å². The van der Waals surface area contributed by atoms with E-state index in [0.717, 1.165) is 13.0 Å². The van der Waals surface area contributed by atoms with Gasteiger partial charge in [0.15, 0.2) is 6.10 Å². The minimum absolute atomic E-state index is 0.0301. The highest BCUT2D eigenvalue weighted by Crippen LogP contribution is 2.18. The summed E-state index contributed by atoms with van der Waals surface area (Å²) in [6.45, 7) is 12.1. The lowest BCUT2D eigenvalue weighted by atomic mass is 9.93. The summed E-state index contributed by atoms with van der Waals surface area (Å²) in [5, 5.41) is 0. The standard InChI is InChI=1S/C11H20O3/c1-9-13-8-10(14-9)7-12-6-5-11(2,3)4/h10H,1,5-8H2,2-4H3. The SMILES string of the molecule is C=C1OCC(COCCC(C)(C)C)O1. The van der Waals surface area contributed by atoms with Crippen LogP contribution in [-0.2, 0) is 14.2 Å². The normalized spacial score (nSPS) is 21.9. The van der Waals surface area contributed by atoms with Crippen LogP contribution in [0.15, 0.2) is 12.5 Å². The first-order valence-corrected chi connectivity index (χ1v) is 5.03. The van der Waals surface area contributed by atoms with Crippen molar-refractivity contribution in [3.8, 4) is 0 Å². The van der Waals surface area contributed by atoms with Crippen LogP contribution in [0.2, 0.25) is 0 Å². The van der Waals surface area contributed by atoms with Crippen molar-refractivity contribution in [2.24, 2.45) is 5.41 Å². The van der Waals surface area contributed by atoms with Crippen molar-refractivity contribution < 1.29 is 14.2 Å². The van der Waals surface area contributed by atoms with Gasteiger partial charge >= 0.3 is 0 Å². The molecule has 1 fully saturated rings. The molecule has 0 bridgehead atoms. The van der Waals surface area contributed by atoms with Gasteiger partial charge in [-0.3, -0.25) is 0 Å². The number of rotatable bonds is 4. The first-order valence-electron chi connectivity index (χ1n) is 5.03. The van der Waals surface area contributed by atoms with Crippen LogP contribution in [0.1, 0.15) is 27.2 Å². The maximum absolute atomic E-state index is 5.50. The summed E-state index contributed by atoms with van der Waals surface area (Å²) in [7, 11) is 0. The Morgan fingerprint density at radius 3 is 2.71 bits per heavy atom. The van der Waals surface area contributed by atoms with E-state index in [1.54, 1.807) is 0 Å². The second kappa shape index (κ2) is 4.69. The molecule has 0 saturated carbocycles. The molecule has 0 amide bonds. The first-order chi connectivity index (χ1) is 6.47. The number of hydrogen-bond acceptors (Lipinski definition) is 3. The Morgan fingerprint density at radius 1 is 1.50 bits per heavy atom. The van der Waals surface area contributed by atoms with Gasteiger partial charge < -0.3 is 14.2 Å². The van der Waals surface area contributed by atoms with Crippen LogP contribution >= 0.6 is 0 Å². The second-order valence-corrected chi connectivity index (χ2v) is 4.81. The molecule has 1 atom stereocenters. The van der Waals surface area contributed by atoms with Crippen LogP contribution in [0.5, 0.6) is 0 Å². The topological polar surface area (TPSA) is 27.7 Å². The van der Waals surface area contributed by atoms with Gasteiger partial charge in [-0.1, -0.05) is 20.8 Å². The zero-order valence-corrected chi connectivity index (χ0v) is 9.34. The van der Waals surface area contributed by atoms with Gasteiger partial charge in [0.2, 0.25) is 0 Å². The molecule has 14 heavy (non-hydrogen) atoms. The van der Waals surface area contributed by atoms with Gasteiger partial charge in [0.1, 0.15) is 6.61 Å². The van der Waals surface area contributed by atoms with Crippen molar-refractivity contribution in [1.82, 2.24) is 0 Å². The van der Waals surface area contributed by atoms with Crippen LogP contribution < -0.4 is 0 Å². The molecule has 82 valence electrons. The summed E-state index contributed by atoms with van der Waals surface area (Å²) in [4.78, 5) is 0. The van der Waals surface area contributed by atoms with Crippen molar-refractivity contribution in [3.05, 3.63) is 12.5 Å². The molecule has 1 saturated heterocycles. The summed E-state index contributed by atoms with van der Waals surface area (Å²) in [6.07, 6.45) is 1.09. The number of hydrogen-bond donors (Lipinski definition) is 0. The first kappa shape index (κ1) is 11.4. The van der Waals surface area contributed by atoms with Crippen LogP contribution in [0.4, 0.5) is 0 Å². The average molecular weight is 200 g/mol. The van der Waals surface area contributed by atoms with Crippen molar-refractivity contribution in [1.29, 1.82) is 0 Å². The van der Waals surface area contributed by atoms with Crippen LogP contribution in [0, 0.1) is 5.41 Å². The highest BCUT2D eigenvalue weighted by Gasteiger charge is 2.20. The van der Waals surface area contributed by atoms with E-state index < -0.39 is 0 Å². The van der Waals surface area contributed by atoms with Gasteiger partial charge in [-0.05, 0) is 18.4 Å². The number of ether oxygens (including phenoxy) is 3. The zero-order valence-electron chi connectivity index (χ0n) is 9.34. The Hall–Kier alpha value is -0.700. The minimum Gasteiger partial charge on any atom is -0.462 e. The third kappa shape index (κ3) is 4.51. The Kier molecular flexibility index (Phi) is 3.81. The smallest absolute Gasteiger partial charge is 0.272 e. The molecular formula is C11H20O3. The highest BCUT2D eigenvalue weighted by atomic mass is 16.7. The van der Waals surface area contributed by atoms with Crippen molar-refractivity contribution >= 4 is 0 Å². The summed E-state index contributed by atoms with van der Waals surface area (Å²) >= 11 is 0. The molecule has 1 unspecified atom stereocenters. The fourth-order valence-corrected chi connectivity index (χ4v) is 1.12. The molecule has 3 nitrogen and oxygen atoms in total. The molecule has 1 aliphatic heterocycles. The van der Waals surface area contributed by atoms with Crippen molar-refractivity contribution in [2.45, 2.75) is 33.3 Å². The van der Waals surface area contributed by atoms with Gasteiger partial charge in [0.25, 0.3) is 5.95 Å². The van der Waals surface area contributed by atoms with Gasteiger partial charge in [0.05, 0.1) is 6.61 Å². The third-order valence-electron chi connectivity index (χ3n) is 2.03. The van der Waals surface area contributed by atoms with Crippen LogP contribution in [-0.4, -0.2) is 25.9 Å². The predicted molar refractivity (Wildman–Crippen MR) is 54.9 cm³/mol. The van der Waals surface area contributed by atoms with E-state index in [4.69, 9.17) is 14.2 Å². The molecule has 0 aliphatic carbocycles. The summed E-state index contributed by atoms with van der Waals surface area (Å²) in [5.41, 5.74) is 0.330. The summed E-state index contributed by atoms with van der Waals surface area (Å²) in [6, 6.07) is 0. The van der Waals surface area contributed by atoms with Gasteiger partial charge in [0, 0.05) is 6.61 Å². The van der Waals surface area contributed by atoms with Gasteiger partial charge in [-0.25, -0.2) is 0 Å². The van der Waals surface area contributed by atoms with Crippen LogP contribution in [0.3, 0.4) is 0 Å². The molecule has 0 aromatic heterocycles. The fraction of sp³-hybridized carbons (Fsp3) is 0.818. The van der Waals surface area contributed by atoms with E-state index in [9.17, 15) is 0 Å². The predicted octanol–water partition coefficient (Wildman–Crippen LogP) is 2.33. The minimum atomic E-state index is 0.0301. The molecule has 1 rings (SSSR count). The van der Waals surface area contributed by atoms with Crippen molar-refractivity contribution in [3.63, 3.8) is 0 Å². The van der Waals surface area contributed by atoms with Crippen LogP contribution in [0.25, 0.3) is 0 Å². The molecule has 0 aromatic carbocycles. The van der Waals surface area contributed by atoms with E-state index in [2.05, 4.69) is 27.4 Å². The van der Waals surface area contributed by atoms with E-state index >= 15 is 0 Å². The quantitative estimate of drug-likeness (QED) is 0.652. The summed E-state index contributed by atoms with van der Waals surface area (Å²) < 4.78 is 15.8. The van der Waals surface area contributed by atoms with Gasteiger partial charge in [-0.2, -0.15) is 0 Å². The lowest BCUT2D eigenvalue weighted by Gasteiger charge is -2.18. The van der Waals surface area contributed by atoms with E-state index in [1.807, 2.05) is 0 Å². The molecule has 0 radical (unpaired) electrons. The Balaban J connectivity index is 2.02. The van der Waals surface area contributed by atoms with Crippen molar-refractivity contribution in [2.75, 3.05) is 19.8 Å². The third-order valence-corrected chi connectivity index (χ3v) is 2.03. The monoisotopic (exact) mass is 200 g/mol. The Labute approximate surface area is 86.0 Å². The molecule has 0 spiro atoms. The van der Waals surface area contributed by atoms with E-state index in [1.165, 1.54) is 0 Å². The lowest BCUT2D eigenvalue weighted by molar-refractivity contribution is 0.0319. The molecular weight excluding hydrogens is 180 g/mol. The molecule has 1 heterocycles. The maximum Gasteiger partial charge on any atom is 0.272 e. The van der Waals surface area contributed by atoms with Gasteiger partial charge in [-0.15, -0.1) is 0 Å². The zero-order chi connectivity index (χ0) is 10.6. The maximum atomic E-state index is 5.50. The second-order valence-electron chi connectivity index (χ2n) is 4.81. The molecule has 0 N–H and O–H groups in total. The molecule has 1 aliphatic rings. The largest absolute Gasteiger partial charge is 0.462 e. The van der Waals surface area contributed by atoms with E-state index in [0.29, 0.717) is 24.6 Å². The fourth-order valence-electron chi connectivity index (χ4n) is 1.12. The highest BCUT2D eigenvalue weighted by molar-refractivity contribution is 4.79.